The minimum atomic E-state index is -0.548. The Bertz CT molecular complexity index is 517. The zero-order valence-electron chi connectivity index (χ0n) is 17.2. The monoisotopic (exact) mass is 396 g/mol. The number of nitrogens with one attached hydrogen (secondary N) is 2. The van der Waals surface area contributed by atoms with Crippen molar-refractivity contribution in [1.82, 2.24) is 10.6 Å². The normalized spacial score (nSPS) is 11.2. The molecule has 0 heterocycles. The predicted molar refractivity (Wildman–Crippen MR) is 105 cm³/mol. The smallest absolute Gasteiger partial charge is 0.330 e. The van der Waals surface area contributed by atoms with Crippen molar-refractivity contribution in [3.63, 3.8) is 0 Å². The van der Waals surface area contributed by atoms with Gasteiger partial charge < -0.3 is 20.1 Å². The molecule has 8 nitrogen and oxygen atoms in total. The molecule has 0 unspecified atom stereocenters. The lowest BCUT2D eigenvalue weighted by molar-refractivity contribution is -0.139. The summed E-state index contributed by atoms with van der Waals surface area (Å²) in [5, 5.41) is 5.27. The summed E-state index contributed by atoms with van der Waals surface area (Å²) >= 11 is 0. The van der Waals surface area contributed by atoms with Gasteiger partial charge in [-0.05, 0) is 24.7 Å². The Kier molecular flexibility index (Phi) is 14.0. The molecule has 2 amide bonds. The third-order valence-corrected chi connectivity index (χ3v) is 3.06. The Balaban J connectivity index is 3.77. The maximum absolute atomic E-state index is 11.5. The van der Waals surface area contributed by atoms with Crippen molar-refractivity contribution in [1.29, 1.82) is 0 Å². The molecule has 0 aromatic heterocycles. The number of carbonyl (C=O) groups excluding carboxylic acids is 4. The van der Waals surface area contributed by atoms with Crippen molar-refractivity contribution < 1.29 is 28.7 Å². The van der Waals surface area contributed by atoms with Crippen LogP contribution in [0.15, 0.2) is 24.3 Å². The maximum Gasteiger partial charge on any atom is 0.330 e. The van der Waals surface area contributed by atoms with E-state index in [2.05, 4.69) is 10.6 Å². The molecule has 0 rings (SSSR count). The fourth-order valence-electron chi connectivity index (χ4n) is 1.67. The van der Waals surface area contributed by atoms with E-state index in [1.807, 2.05) is 27.7 Å². The Hall–Kier alpha value is -2.64. The predicted octanol–water partition coefficient (Wildman–Crippen LogP) is 1.51. The molecular formula is C20H32N2O6. The molecule has 0 aromatic carbocycles. The summed E-state index contributed by atoms with van der Waals surface area (Å²) in [6.07, 6.45) is 5.75. The zero-order valence-corrected chi connectivity index (χ0v) is 17.2. The molecule has 0 aliphatic heterocycles. The third kappa shape index (κ3) is 16.8. The summed E-state index contributed by atoms with van der Waals surface area (Å²) in [5.41, 5.74) is 0. The van der Waals surface area contributed by atoms with E-state index >= 15 is 0 Å². The van der Waals surface area contributed by atoms with E-state index in [-0.39, 0.29) is 23.7 Å². The average Bonchev–Trinajstić information content (AvgIpc) is 2.63. The second kappa shape index (κ2) is 15.4. The van der Waals surface area contributed by atoms with Gasteiger partial charge >= 0.3 is 11.9 Å². The number of hydrogen-bond acceptors (Lipinski definition) is 6. The lowest BCUT2D eigenvalue weighted by Crippen LogP contribution is -2.25. The van der Waals surface area contributed by atoms with Gasteiger partial charge in [0.1, 0.15) is 0 Å². The molecule has 0 aliphatic carbocycles. The Morgan fingerprint density at radius 3 is 1.36 bits per heavy atom. The summed E-state index contributed by atoms with van der Waals surface area (Å²) in [7, 11) is 0. The Morgan fingerprint density at radius 1 is 0.679 bits per heavy atom. The fourth-order valence-corrected chi connectivity index (χ4v) is 1.67. The number of carbonyl (C=O) groups is 4. The SMILES string of the molecule is CC(C)COC(=O)/C=C/C(=O)NCCCCNC(=O)/C=C/C(=O)OCC(C)C. The van der Waals surface area contributed by atoms with E-state index in [9.17, 15) is 19.2 Å². The van der Waals surface area contributed by atoms with Crippen LogP contribution >= 0.6 is 0 Å². The first kappa shape index (κ1) is 25.4. The lowest BCUT2D eigenvalue weighted by atomic mass is 10.2. The van der Waals surface area contributed by atoms with Crippen LogP contribution in [-0.4, -0.2) is 50.1 Å². The molecular weight excluding hydrogens is 364 g/mol. The van der Waals surface area contributed by atoms with Crippen molar-refractivity contribution in [2.24, 2.45) is 11.8 Å². The van der Waals surface area contributed by atoms with Crippen LogP contribution in [0.25, 0.3) is 0 Å². The first-order valence-corrected chi connectivity index (χ1v) is 9.46. The van der Waals surface area contributed by atoms with E-state index in [0.29, 0.717) is 39.1 Å². The Labute approximate surface area is 166 Å². The summed E-state index contributed by atoms with van der Waals surface area (Å²) < 4.78 is 9.82. The van der Waals surface area contributed by atoms with E-state index in [1.165, 1.54) is 0 Å². The molecule has 0 saturated carbocycles. The van der Waals surface area contributed by atoms with Crippen molar-refractivity contribution in [3.8, 4) is 0 Å². The van der Waals surface area contributed by atoms with Gasteiger partial charge in [-0.2, -0.15) is 0 Å². The van der Waals surface area contributed by atoms with Gasteiger partial charge in [-0.1, -0.05) is 27.7 Å². The van der Waals surface area contributed by atoms with Crippen LogP contribution in [-0.2, 0) is 28.7 Å². The minimum absolute atomic E-state index is 0.237. The second-order valence-corrected chi connectivity index (χ2v) is 7.00. The van der Waals surface area contributed by atoms with Gasteiger partial charge in [0, 0.05) is 37.4 Å². The quantitative estimate of drug-likeness (QED) is 0.277. The number of rotatable bonds is 13. The van der Waals surface area contributed by atoms with E-state index in [1.54, 1.807) is 0 Å². The zero-order chi connectivity index (χ0) is 21.4. The molecule has 0 fully saturated rings. The van der Waals surface area contributed by atoms with Gasteiger partial charge in [0.15, 0.2) is 0 Å². The summed E-state index contributed by atoms with van der Waals surface area (Å²) in [5.74, 6) is -1.39. The largest absolute Gasteiger partial charge is 0.462 e. The molecule has 0 bridgehead atoms. The summed E-state index contributed by atoms with van der Waals surface area (Å²) in [6.45, 7) is 9.13. The van der Waals surface area contributed by atoms with Crippen LogP contribution in [0, 0.1) is 11.8 Å². The standard InChI is InChI=1S/C20H32N2O6/c1-15(2)13-27-19(25)9-7-17(23)21-11-5-6-12-22-18(24)8-10-20(26)28-14-16(3)4/h7-10,15-16H,5-6,11-14H2,1-4H3,(H,21,23)(H,22,24)/b9-7+,10-8+. The average molecular weight is 396 g/mol. The molecule has 2 N–H and O–H groups in total. The van der Waals surface area contributed by atoms with Gasteiger partial charge in [-0.3, -0.25) is 9.59 Å². The number of unbranched alkanes of at least 4 members (excludes halogenated alkanes) is 1. The molecule has 0 aliphatic rings. The minimum Gasteiger partial charge on any atom is -0.462 e. The van der Waals surface area contributed by atoms with Crippen molar-refractivity contribution in [3.05, 3.63) is 24.3 Å². The maximum atomic E-state index is 11.5. The lowest BCUT2D eigenvalue weighted by Gasteiger charge is -2.05. The molecule has 0 radical (unpaired) electrons. The number of esters is 2. The highest BCUT2D eigenvalue weighted by Gasteiger charge is 2.03. The fraction of sp³-hybridized carbons (Fsp3) is 0.600. The molecule has 158 valence electrons. The summed E-state index contributed by atoms with van der Waals surface area (Å²) in [4.78, 5) is 45.7. The molecule has 0 atom stereocenters. The first-order chi connectivity index (χ1) is 13.2. The van der Waals surface area contributed by atoms with Gasteiger partial charge in [0.05, 0.1) is 13.2 Å². The molecule has 8 heteroatoms. The van der Waals surface area contributed by atoms with Gasteiger partial charge in [-0.25, -0.2) is 9.59 Å². The number of ether oxygens (including phenoxy) is 2. The highest BCUT2D eigenvalue weighted by molar-refractivity contribution is 5.95. The highest BCUT2D eigenvalue weighted by Crippen LogP contribution is 1.94. The van der Waals surface area contributed by atoms with Crippen LogP contribution in [0.5, 0.6) is 0 Å². The summed E-state index contributed by atoms with van der Waals surface area (Å²) in [6, 6.07) is 0. The first-order valence-electron chi connectivity index (χ1n) is 9.46. The molecule has 28 heavy (non-hydrogen) atoms. The van der Waals surface area contributed by atoms with Crippen LogP contribution in [0.3, 0.4) is 0 Å². The third-order valence-electron chi connectivity index (χ3n) is 3.06. The van der Waals surface area contributed by atoms with Crippen LogP contribution in [0.1, 0.15) is 40.5 Å². The van der Waals surface area contributed by atoms with Crippen LogP contribution < -0.4 is 10.6 Å². The highest BCUT2D eigenvalue weighted by atomic mass is 16.5. The van der Waals surface area contributed by atoms with Crippen molar-refractivity contribution >= 4 is 23.8 Å². The molecule has 0 spiro atoms. The van der Waals surface area contributed by atoms with Crippen molar-refractivity contribution in [2.45, 2.75) is 40.5 Å². The van der Waals surface area contributed by atoms with Gasteiger partial charge in [0.2, 0.25) is 11.8 Å². The van der Waals surface area contributed by atoms with Crippen LogP contribution in [0.2, 0.25) is 0 Å². The van der Waals surface area contributed by atoms with E-state index in [4.69, 9.17) is 9.47 Å². The molecule has 0 aromatic rings. The van der Waals surface area contributed by atoms with Gasteiger partial charge in [-0.15, -0.1) is 0 Å². The van der Waals surface area contributed by atoms with Crippen molar-refractivity contribution in [2.75, 3.05) is 26.3 Å². The van der Waals surface area contributed by atoms with Gasteiger partial charge in [0.25, 0.3) is 0 Å². The second-order valence-electron chi connectivity index (χ2n) is 7.00. The van der Waals surface area contributed by atoms with Crippen LogP contribution in [0.4, 0.5) is 0 Å². The number of hydrogen-bond donors (Lipinski definition) is 2. The van der Waals surface area contributed by atoms with E-state index < -0.39 is 11.9 Å². The number of amides is 2. The topological polar surface area (TPSA) is 111 Å². The van der Waals surface area contributed by atoms with E-state index in [0.717, 1.165) is 24.3 Å². The Morgan fingerprint density at radius 2 is 1.04 bits per heavy atom. The molecule has 0 saturated heterocycles.